The lowest BCUT2D eigenvalue weighted by atomic mass is 10.1. The van der Waals surface area contributed by atoms with Crippen LogP contribution in [0.1, 0.15) is 24.5 Å². The molecule has 0 amide bonds. The number of primary sulfonamides is 1. The number of rotatable bonds is 4. The minimum atomic E-state index is -3.87. The number of aromatic nitrogens is 3. The monoisotopic (exact) mass is 294 g/mol. The molecule has 0 radical (unpaired) electrons. The molecule has 1 heterocycles. The molecule has 7 heteroatoms. The molecule has 0 saturated heterocycles. The Hall–Kier alpha value is -1.73. The quantitative estimate of drug-likeness (QED) is 0.927. The third-order valence-corrected chi connectivity index (χ3v) is 3.71. The van der Waals surface area contributed by atoms with Gasteiger partial charge in [0.25, 0.3) is 15.2 Å². The van der Waals surface area contributed by atoms with Gasteiger partial charge in [-0.2, -0.15) is 0 Å². The molecule has 0 aliphatic carbocycles. The number of sulfonamides is 1. The molecule has 6 nitrogen and oxygen atoms in total. The van der Waals surface area contributed by atoms with Crippen molar-refractivity contribution in [2.24, 2.45) is 5.14 Å². The maximum Gasteiger partial charge on any atom is 0.273 e. The Balaban J connectivity index is 2.65. The predicted octanol–water partition coefficient (Wildman–Crippen LogP) is 1.62. The molecule has 0 unspecified atom stereocenters. The van der Waals surface area contributed by atoms with Gasteiger partial charge in [0, 0.05) is 12.1 Å². The van der Waals surface area contributed by atoms with E-state index in [0.29, 0.717) is 12.4 Å². The number of nitrogens with two attached hydrogens (primary N) is 1. The SMILES string of the molecule is CCCn1c(-c2cc(C)cc(C)c2)nnc1S(N)(=O)=O. The minimum absolute atomic E-state index is 0.187. The molecule has 20 heavy (non-hydrogen) atoms. The van der Waals surface area contributed by atoms with Crippen molar-refractivity contribution >= 4 is 10.0 Å². The molecule has 2 rings (SSSR count). The Morgan fingerprint density at radius 3 is 2.25 bits per heavy atom. The first-order chi connectivity index (χ1) is 9.32. The van der Waals surface area contributed by atoms with Gasteiger partial charge in [0.05, 0.1) is 0 Å². The van der Waals surface area contributed by atoms with E-state index in [1.165, 1.54) is 0 Å². The summed E-state index contributed by atoms with van der Waals surface area (Å²) in [6, 6.07) is 5.96. The molecule has 0 saturated carbocycles. The zero-order chi connectivity index (χ0) is 14.9. The van der Waals surface area contributed by atoms with Gasteiger partial charge in [-0.3, -0.25) is 4.57 Å². The summed E-state index contributed by atoms with van der Waals surface area (Å²) in [7, 11) is -3.87. The van der Waals surface area contributed by atoms with Crippen LogP contribution in [0, 0.1) is 13.8 Å². The van der Waals surface area contributed by atoms with Crippen molar-refractivity contribution in [3.05, 3.63) is 29.3 Å². The van der Waals surface area contributed by atoms with Crippen molar-refractivity contribution in [3.8, 4) is 11.4 Å². The summed E-state index contributed by atoms with van der Waals surface area (Å²) in [5.74, 6) is 0.530. The topological polar surface area (TPSA) is 90.9 Å². The van der Waals surface area contributed by atoms with Crippen molar-refractivity contribution in [2.75, 3.05) is 0 Å². The summed E-state index contributed by atoms with van der Waals surface area (Å²) in [5, 5.41) is 12.8. The summed E-state index contributed by atoms with van der Waals surface area (Å²) in [6.45, 7) is 6.43. The van der Waals surface area contributed by atoms with Gasteiger partial charge < -0.3 is 0 Å². The highest BCUT2D eigenvalue weighted by molar-refractivity contribution is 7.89. The van der Waals surface area contributed by atoms with E-state index in [4.69, 9.17) is 5.14 Å². The molecule has 2 N–H and O–H groups in total. The highest BCUT2D eigenvalue weighted by atomic mass is 32.2. The summed E-state index contributed by atoms with van der Waals surface area (Å²) in [6.07, 6.45) is 0.762. The predicted molar refractivity (Wildman–Crippen MR) is 76.6 cm³/mol. The van der Waals surface area contributed by atoms with E-state index in [9.17, 15) is 8.42 Å². The van der Waals surface area contributed by atoms with E-state index in [1.54, 1.807) is 4.57 Å². The van der Waals surface area contributed by atoms with Crippen LogP contribution in [0.15, 0.2) is 23.4 Å². The van der Waals surface area contributed by atoms with Crippen molar-refractivity contribution in [2.45, 2.75) is 38.9 Å². The third-order valence-electron chi connectivity index (χ3n) is 2.90. The van der Waals surface area contributed by atoms with Gasteiger partial charge >= 0.3 is 0 Å². The highest BCUT2D eigenvalue weighted by Crippen LogP contribution is 2.23. The van der Waals surface area contributed by atoms with Crippen LogP contribution in [0.3, 0.4) is 0 Å². The van der Waals surface area contributed by atoms with E-state index >= 15 is 0 Å². The van der Waals surface area contributed by atoms with E-state index < -0.39 is 10.0 Å². The number of nitrogens with zero attached hydrogens (tertiary/aromatic N) is 3. The van der Waals surface area contributed by atoms with Gasteiger partial charge in [0.2, 0.25) is 0 Å². The van der Waals surface area contributed by atoms with Crippen molar-refractivity contribution in [1.82, 2.24) is 14.8 Å². The molecule has 2 aromatic rings. The summed E-state index contributed by atoms with van der Waals surface area (Å²) in [4.78, 5) is 0. The van der Waals surface area contributed by atoms with Crippen LogP contribution in [0.2, 0.25) is 0 Å². The fourth-order valence-corrected chi connectivity index (χ4v) is 2.88. The molecule has 0 fully saturated rings. The Labute approximate surface area is 118 Å². The molecule has 0 bridgehead atoms. The number of hydrogen-bond donors (Lipinski definition) is 1. The van der Waals surface area contributed by atoms with Crippen LogP contribution in [0.4, 0.5) is 0 Å². The molecule has 1 aromatic heterocycles. The lowest BCUT2D eigenvalue weighted by Gasteiger charge is -2.09. The first kappa shape index (κ1) is 14.7. The van der Waals surface area contributed by atoms with Crippen LogP contribution in [0.25, 0.3) is 11.4 Å². The molecule has 0 spiro atoms. The van der Waals surface area contributed by atoms with Crippen molar-refractivity contribution in [1.29, 1.82) is 0 Å². The molecule has 108 valence electrons. The molecule has 0 atom stereocenters. The zero-order valence-electron chi connectivity index (χ0n) is 11.8. The summed E-state index contributed by atoms with van der Waals surface area (Å²) in [5.41, 5.74) is 3.02. The fourth-order valence-electron chi connectivity index (χ4n) is 2.24. The Morgan fingerprint density at radius 1 is 1.15 bits per heavy atom. The molecule has 0 aliphatic heterocycles. The standard InChI is InChI=1S/C13H18N4O2S/c1-4-5-17-12(15-16-13(17)20(14,18)19)11-7-9(2)6-10(3)8-11/h6-8H,4-5H2,1-3H3,(H2,14,18,19). The van der Waals surface area contributed by atoms with Crippen LogP contribution in [-0.4, -0.2) is 23.2 Å². The first-order valence-electron chi connectivity index (χ1n) is 6.37. The average molecular weight is 294 g/mol. The van der Waals surface area contributed by atoms with E-state index in [0.717, 1.165) is 23.1 Å². The zero-order valence-corrected chi connectivity index (χ0v) is 12.6. The summed E-state index contributed by atoms with van der Waals surface area (Å²) < 4.78 is 24.7. The maximum absolute atomic E-state index is 11.6. The van der Waals surface area contributed by atoms with Gasteiger partial charge in [-0.1, -0.05) is 24.1 Å². The largest absolute Gasteiger partial charge is 0.297 e. The normalized spacial score (nSPS) is 11.8. The van der Waals surface area contributed by atoms with Crippen LogP contribution in [0.5, 0.6) is 0 Å². The first-order valence-corrected chi connectivity index (χ1v) is 7.92. The fraction of sp³-hybridized carbons (Fsp3) is 0.385. The molecular formula is C13H18N4O2S. The van der Waals surface area contributed by atoms with Gasteiger partial charge in [-0.25, -0.2) is 13.6 Å². The lowest BCUT2D eigenvalue weighted by molar-refractivity contribution is 0.559. The Kier molecular flexibility index (Phi) is 3.92. The van der Waals surface area contributed by atoms with Crippen molar-refractivity contribution < 1.29 is 8.42 Å². The number of aryl methyl sites for hydroxylation is 2. The maximum atomic E-state index is 11.6. The highest BCUT2D eigenvalue weighted by Gasteiger charge is 2.21. The minimum Gasteiger partial charge on any atom is -0.297 e. The third kappa shape index (κ3) is 2.88. The second-order valence-corrected chi connectivity index (χ2v) is 6.33. The van der Waals surface area contributed by atoms with Crippen LogP contribution >= 0.6 is 0 Å². The van der Waals surface area contributed by atoms with Crippen molar-refractivity contribution in [3.63, 3.8) is 0 Å². The molecule has 1 aromatic carbocycles. The average Bonchev–Trinajstić information content (AvgIpc) is 2.71. The van der Waals surface area contributed by atoms with Gasteiger partial charge in [0.1, 0.15) is 0 Å². The lowest BCUT2D eigenvalue weighted by Crippen LogP contribution is -2.19. The van der Waals surface area contributed by atoms with Gasteiger partial charge in [-0.15, -0.1) is 10.2 Å². The smallest absolute Gasteiger partial charge is 0.273 e. The second kappa shape index (κ2) is 5.34. The summed E-state index contributed by atoms with van der Waals surface area (Å²) >= 11 is 0. The van der Waals surface area contributed by atoms with Gasteiger partial charge in [-0.05, 0) is 32.4 Å². The van der Waals surface area contributed by atoms with Gasteiger partial charge in [0.15, 0.2) is 5.82 Å². The van der Waals surface area contributed by atoms with E-state index in [2.05, 4.69) is 10.2 Å². The second-order valence-electron chi connectivity index (χ2n) is 4.88. The van der Waals surface area contributed by atoms with E-state index in [-0.39, 0.29) is 5.16 Å². The molecular weight excluding hydrogens is 276 g/mol. The Morgan fingerprint density at radius 2 is 1.75 bits per heavy atom. The van der Waals surface area contributed by atoms with Crippen LogP contribution < -0.4 is 5.14 Å². The molecule has 0 aliphatic rings. The number of hydrogen-bond acceptors (Lipinski definition) is 4. The van der Waals surface area contributed by atoms with E-state index in [1.807, 2.05) is 39.0 Å². The number of benzene rings is 1. The van der Waals surface area contributed by atoms with Crippen LogP contribution in [-0.2, 0) is 16.6 Å². The Bertz CT molecular complexity index is 715.